The van der Waals surface area contributed by atoms with Gasteiger partial charge in [0.2, 0.25) is 0 Å². The molecule has 4 rings (SSSR count). The molecule has 0 aromatic heterocycles. The molecule has 0 heterocycles. The van der Waals surface area contributed by atoms with Crippen molar-refractivity contribution < 1.29 is 19.8 Å². The molecule has 1 saturated carbocycles. The molecule has 0 amide bonds. The van der Waals surface area contributed by atoms with E-state index in [2.05, 4.69) is 13.8 Å². The standard InChI is InChI=1S/C20H28O4/c1-9(2)11-7-13-17-15(16(11)18(22)19(13,5)23)12(10(3)4)8-14(21)20(17,6)24/h7-10,13,15-17,23-24H,1-6H3/t13?,15?,16?,17?,19-,20?/m1/s1. The van der Waals surface area contributed by atoms with E-state index in [1.54, 1.807) is 6.08 Å². The van der Waals surface area contributed by atoms with Crippen LogP contribution in [0, 0.1) is 35.5 Å². The third-order valence-corrected chi connectivity index (χ3v) is 6.46. The summed E-state index contributed by atoms with van der Waals surface area (Å²) in [5.74, 6) is -1.86. The van der Waals surface area contributed by atoms with Crippen molar-refractivity contribution in [2.24, 2.45) is 35.5 Å². The van der Waals surface area contributed by atoms with Crippen molar-refractivity contribution in [3.8, 4) is 0 Å². The van der Waals surface area contributed by atoms with Crippen LogP contribution in [0.1, 0.15) is 41.5 Å². The van der Waals surface area contributed by atoms with Crippen molar-refractivity contribution in [2.75, 3.05) is 0 Å². The van der Waals surface area contributed by atoms with Gasteiger partial charge in [-0.15, -0.1) is 0 Å². The zero-order valence-corrected chi connectivity index (χ0v) is 15.3. The van der Waals surface area contributed by atoms with Gasteiger partial charge >= 0.3 is 0 Å². The van der Waals surface area contributed by atoms with Gasteiger partial charge in [0.15, 0.2) is 11.6 Å². The highest BCUT2D eigenvalue weighted by molar-refractivity contribution is 6.01. The van der Waals surface area contributed by atoms with Crippen LogP contribution in [0.15, 0.2) is 23.3 Å². The summed E-state index contributed by atoms with van der Waals surface area (Å²) in [6.07, 6.45) is 3.51. The average molecular weight is 332 g/mol. The summed E-state index contributed by atoms with van der Waals surface area (Å²) in [5.41, 5.74) is -1.13. The van der Waals surface area contributed by atoms with Crippen LogP contribution < -0.4 is 0 Å². The molecule has 4 nitrogen and oxygen atoms in total. The Bertz CT molecular complexity index is 663. The minimum Gasteiger partial charge on any atom is -0.382 e. The number of rotatable bonds is 2. The first kappa shape index (κ1) is 17.6. The maximum Gasteiger partial charge on any atom is 0.187 e. The van der Waals surface area contributed by atoms with E-state index < -0.39 is 29.0 Å². The minimum atomic E-state index is -1.56. The first-order valence-corrected chi connectivity index (χ1v) is 8.88. The zero-order chi connectivity index (χ0) is 18.2. The van der Waals surface area contributed by atoms with Gasteiger partial charge in [0.05, 0.1) is 0 Å². The Morgan fingerprint density at radius 1 is 0.958 bits per heavy atom. The number of ketones is 2. The van der Waals surface area contributed by atoms with E-state index in [4.69, 9.17) is 0 Å². The van der Waals surface area contributed by atoms with Crippen LogP contribution in [-0.4, -0.2) is 33.0 Å². The number of carbonyl (C=O) groups excluding carboxylic acids is 2. The number of hydrogen-bond donors (Lipinski definition) is 2. The molecule has 2 bridgehead atoms. The van der Waals surface area contributed by atoms with Crippen LogP contribution in [0.3, 0.4) is 0 Å². The van der Waals surface area contributed by atoms with Gasteiger partial charge in [-0.25, -0.2) is 0 Å². The van der Waals surface area contributed by atoms with Crippen LogP contribution in [-0.2, 0) is 9.59 Å². The summed E-state index contributed by atoms with van der Waals surface area (Å²) in [6, 6.07) is 0. The quantitative estimate of drug-likeness (QED) is 0.761. The molecular formula is C20H28O4. The summed E-state index contributed by atoms with van der Waals surface area (Å²) < 4.78 is 0. The average Bonchev–Trinajstić information content (AvgIpc) is 2.46. The number of hydrogen-bond acceptors (Lipinski definition) is 4. The lowest BCUT2D eigenvalue weighted by atomic mass is 9.45. The minimum absolute atomic E-state index is 0.114. The predicted octanol–water partition coefficient (Wildman–Crippen LogP) is 2.30. The van der Waals surface area contributed by atoms with Crippen molar-refractivity contribution in [3.05, 3.63) is 23.3 Å². The molecule has 0 radical (unpaired) electrons. The van der Waals surface area contributed by atoms with Gasteiger partial charge in [0.1, 0.15) is 11.2 Å². The van der Waals surface area contributed by atoms with Gasteiger partial charge in [-0.3, -0.25) is 9.59 Å². The second-order valence-corrected chi connectivity index (χ2v) is 8.70. The smallest absolute Gasteiger partial charge is 0.187 e. The summed E-state index contributed by atoms with van der Waals surface area (Å²) in [7, 11) is 0. The summed E-state index contributed by atoms with van der Waals surface area (Å²) in [5, 5.41) is 21.8. The summed E-state index contributed by atoms with van der Waals surface area (Å²) in [4.78, 5) is 25.6. The number of carbonyl (C=O) groups is 2. The number of allylic oxidation sites excluding steroid dienone is 2. The molecule has 5 unspecified atom stereocenters. The van der Waals surface area contributed by atoms with E-state index in [0.29, 0.717) is 0 Å². The molecular weight excluding hydrogens is 304 g/mol. The second kappa shape index (κ2) is 5.12. The number of Topliss-reactive ketones (excluding diaryl/α,β-unsaturated/α-hetero) is 1. The van der Waals surface area contributed by atoms with Gasteiger partial charge < -0.3 is 10.2 Å². The Hall–Kier alpha value is -1.26. The van der Waals surface area contributed by atoms with Crippen LogP contribution >= 0.6 is 0 Å². The van der Waals surface area contributed by atoms with Crippen molar-refractivity contribution >= 4 is 11.6 Å². The molecule has 4 heteroatoms. The van der Waals surface area contributed by atoms with Crippen LogP contribution in [0.4, 0.5) is 0 Å². The third-order valence-electron chi connectivity index (χ3n) is 6.46. The highest BCUT2D eigenvalue weighted by Crippen LogP contribution is 2.59. The normalized spacial score (nSPS) is 44.8. The highest BCUT2D eigenvalue weighted by atomic mass is 16.3. The summed E-state index contributed by atoms with van der Waals surface area (Å²) >= 11 is 0. The first-order chi connectivity index (χ1) is 10.9. The van der Waals surface area contributed by atoms with Crippen molar-refractivity contribution in [1.29, 1.82) is 0 Å². The molecule has 0 aromatic carbocycles. The van der Waals surface area contributed by atoms with Crippen LogP contribution in [0.2, 0.25) is 0 Å². The fraction of sp³-hybridized carbons (Fsp3) is 0.700. The monoisotopic (exact) mass is 332 g/mol. The SMILES string of the molecule is CC(C)C1=CC2C3C(C(C(C)C)=CC(=O)C3(C)O)C1C(=O)[C@]2(C)O. The Balaban J connectivity index is 2.28. The molecule has 0 saturated heterocycles. The second-order valence-electron chi connectivity index (χ2n) is 8.70. The Labute approximate surface area is 143 Å². The molecule has 24 heavy (non-hydrogen) atoms. The molecule has 2 N–H and O–H groups in total. The first-order valence-electron chi connectivity index (χ1n) is 8.88. The van der Waals surface area contributed by atoms with Gasteiger partial charge in [0, 0.05) is 23.7 Å². The van der Waals surface area contributed by atoms with Crippen molar-refractivity contribution in [1.82, 2.24) is 0 Å². The van der Waals surface area contributed by atoms with Crippen LogP contribution in [0.5, 0.6) is 0 Å². The summed E-state index contributed by atoms with van der Waals surface area (Å²) in [6.45, 7) is 11.2. The molecule has 6 atom stereocenters. The lowest BCUT2D eigenvalue weighted by molar-refractivity contribution is -0.178. The zero-order valence-electron chi connectivity index (χ0n) is 15.3. The lowest BCUT2D eigenvalue weighted by Gasteiger charge is -2.59. The Morgan fingerprint density at radius 3 is 2.00 bits per heavy atom. The Kier molecular flexibility index (Phi) is 3.75. The predicted molar refractivity (Wildman–Crippen MR) is 91.1 cm³/mol. The molecule has 0 aliphatic heterocycles. The number of aliphatic hydroxyl groups is 2. The van der Waals surface area contributed by atoms with E-state index in [-0.39, 0.29) is 29.3 Å². The van der Waals surface area contributed by atoms with Crippen molar-refractivity contribution in [2.45, 2.75) is 52.7 Å². The molecule has 4 aliphatic carbocycles. The molecule has 132 valence electrons. The largest absolute Gasteiger partial charge is 0.382 e. The topological polar surface area (TPSA) is 74.6 Å². The van der Waals surface area contributed by atoms with Crippen LogP contribution in [0.25, 0.3) is 0 Å². The van der Waals surface area contributed by atoms with Gasteiger partial charge in [-0.05, 0) is 31.8 Å². The highest BCUT2D eigenvalue weighted by Gasteiger charge is 2.66. The van der Waals surface area contributed by atoms with E-state index >= 15 is 0 Å². The maximum absolute atomic E-state index is 13.1. The van der Waals surface area contributed by atoms with E-state index in [1.807, 2.05) is 19.9 Å². The van der Waals surface area contributed by atoms with E-state index in [9.17, 15) is 19.8 Å². The molecule has 0 spiro atoms. The molecule has 0 aromatic rings. The lowest BCUT2D eigenvalue weighted by Crippen LogP contribution is -2.68. The van der Waals surface area contributed by atoms with Gasteiger partial charge in [-0.1, -0.05) is 44.9 Å². The van der Waals surface area contributed by atoms with E-state index in [1.165, 1.54) is 13.8 Å². The van der Waals surface area contributed by atoms with Gasteiger partial charge in [0.25, 0.3) is 0 Å². The van der Waals surface area contributed by atoms with E-state index in [0.717, 1.165) is 11.1 Å². The maximum atomic E-state index is 13.1. The van der Waals surface area contributed by atoms with Gasteiger partial charge in [-0.2, -0.15) is 0 Å². The third kappa shape index (κ3) is 2.05. The van der Waals surface area contributed by atoms with Crippen molar-refractivity contribution in [3.63, 3.8) is 0 Å². The fourth-order valence-electron chi connectivity index (χ4n) is 5.12. The molecule has 4 aliphatic rings. The fourth-order valence-corrected chi connectivity index (χ4v) is 5.12. The Morgan fingerprint density at radius 2 is 1.50 bits per heavy atom. The number of fused-ring (bicyclic) bond motifs is 1. The molecule has 1 fully saturated rings.